The second-order valence-corrected chi connectivity index (χ2v) is 3.98. The maximum absolute atomic E-state index is 8.83. The van der Waals surface area contributed by atoms with Gasteiger partial charge in [-0.15, -0.1) is 0 Å². The van der Waals surface area contributed by atoms with E-state index in [1.807, 2.05) is 16.8 Å². The van der Waals surface area contributed by atoms with Crippen LogP contribution in [0.5, 0.6) is 0 Å². The van der Waals surface area contributed by atoms with Gasteiger partial charge >= 0.3 is 0 Å². The summed E-state index contributed by atoms with van der Waals surface area (Å²) in [4.78, 5) is 0. The minimum Gasteiger partial charge on any atom is -0.388 e. The molecule has 2 aromatic heterocycles. The molecule has 0 atom stereocenters. The number of anilines is 1. The third kappa shape index (κ3) is 1.30. The topological polar surface area (TPSA) is 62.7 Å². The van der Waals surface area contributed by atoms with E-state index in [0.717, 1.165) is 17.1 Å². The molecule has 0 amide bonds. The highest BCUT2D eigenvalue weighted by Gasteiger charge is 2.12. The van der Waals surface area contributed by atoms with Crippen molar-refractivity contribution < 1.29 is 0 Å². The van der Waals surface area contributed by atoms with Crippen molar-refractivity contribution in [2.75, 3.05) is 5.73 Å². The summed E-state index contributed by atoms with van der Waals surface area (Å²) in [5.74, 6) is 0. The van der Waals surface area contributed by atoms with Crippen molar-refractivity contribution in [3.63, 3.8) is 0 Å². The minimum atomic E-state index is 0.489. The van der Waals surface area contributed by atoms with E-state index in [1.165, 1.54) is 0 Å². The molecule has 2 heterocycles. The van der Waals surface area contributed by atoms with Crippen LogP contribution in [0.4, 0.5) is 5.00 Å². The predicted molar refractivity (Wildman–Crippen MR) is 54.6 cm³/mol. The zero-order valence-electron chi connectivity index (χ0n) is 6.52. The molecule has 0 aliphatic heterocycles. The van der Waals surface area contributed by atoms with Gasteiger partial charge in [0.15, 0.2) is 0 Å². The Morgan fingerprint density at radius 3 is 3.00 bits per heavy atom. The summed E-state index contributed by atoms with van der Waals surface area (Å²) in [6, 6.07) is 3.99. The van der Waals surface area contributed by atoms with Crippen LogP contribution < -0.4 is 5.73 Å². The Morgan fingerprint density at radius 2 is 2.38 bits per heavy atom. The van der Waals surface area contributed by atoms with Crippen LogP contribution in [0.3, 0.4) is 0 Å². The van der Waals surface area contributed by atoms with Crippen molar-refractivity contribution in [1.29, 1.82) is 5.26 Å². The lowest BCUT2D eigenvalue weighted by atomic mass is 10.1. The van der Waals surface area contributed by atoms with Gasteiger partial charge in [-0.25, -0.2) is 0 Å². The average molecular weight is 207 g/mol. The summed E-state index contributed by atoms with van der Waals surface area (Å²) in [5.41, 5.74) is 7.75. The summed E-state index contributed by atoms with van der Waals surface area (Å²) in [6.45, 7) is 0. The van der Waals surface area contributed by atoms with Gasteiger partial charge in [-0.05, 0) is 23.0 Å². The smallest absolute Gasteiger partial charge is 0.125 e. The molecule has 0 saturated heterocycles. The number of thiophene rings is 1. The molecule has 0 unspecified atom stereocenters. The third-order valence-corrected chi connectivity index (χ3v) is 2.98. The largest absolute Gasteiger partial charge is 0.388 e. The summed E-state index contributed by atoms with van der Waals surface area (Å²) in [7, 11) is 0. The fourth-order valence-corrected chi connectivity index (χ4v) is 2.27. The number of hydrogen-bond acceptors (Lipinski definition) is 5. The van der Waals surface area contributed by atoms with E-state index in [1.54, 1.807) is 11.3 Å². The molecule has 0 aromatic carbocycles. The summed E-state index contributed by atoms with van der Waals surface area (Å²) >= 11 is 2.74. The lowest BCUT2D eigenvalue weighted by Crippen LogP contribution is -1.84. The van der Waals surface area contributed by atoms with Gasteiger partial charge in [-0.2, -0.15) is 21.0 Å². The molecular formula is C8H5N3S2. The molecule has 0 saturated carbocycles. The Bertz CT molecular complexity index is 450. The standard InChI is InChI=1S/C8H5N3S2/c9-3-6-7(11-13-8(6)10)5-1-2-12-4-5/h1-2,4H,10H2. The van der Waals surface area contributed by atoms with E-state index in [9.17, 15) is 0 Å². The molecular weight excluding hydrogens is 202 g/mol. The number of nitriles is 1. The zero-order valence-corrected chi connectivity index (χ0v) is 8.15. The van der Waals surface area contributed by atoms with Crippen molar-refractivity contribution in [3.05, 3.63) is 22.4 Å². The molecule has 2 rings (SSSR count). The Morgan fingerprint density at radius 1 is 1.54 bits per heavy atom. The molecule has 0 radical (unpaired) electrons. The molecule has 13 heavy (non-hydrogen) atoms. The fraction of sp³-hybridized carbons (Fsp3) is 0. The summed E-state index contributed by atoms with van der Waals surface area (Å²) in [5, 5.41) is 13.2. The fourth-order valence-electron chi connectivity index (χ4n) is 1.01. The van der Waals surface area contributed by atoms with Gasteiger partial charge in [-0.1, -0.05) is 0 Å². The number of nitrogens with two attached hydrogens (primary N) is 1. The normalized spacial score (nSPS) is 9.77. The maximum atomic E-state index is 8.83. The van der Waals surface area contributed by atoms with Crippen LogP contribution in [0.2, 0.25) is 0 Å². The highest BCUT2D eigenvalue weighted by Crippen LogP contribution is 2.30. The highest BCUT2D eigenvalue weighted by molar-refractivity contribution is 7.10. The Hall–Kier alpha value is -1.38. The van der Waals surface area contributed by atoms with E-state index < -0.39 is 0 Å². The number of nitrogen functional groups attached to an aromatic ring is 1. The van der Waals surface area contributed by atoms with E-state index >= 15 is 0 Å². The number of hydrogen-bond donors (Lipinski definition) is 1. The van der Waals surface area contributed by atoms with E-state index in [0.29, 0.717) is 16.3 Å². The molecule has 0 spiro atoms. The van der Waals surface area contributed by atoms with Gasteiger partial charge in [0.1, 0.15) is 22.3 Å². The molecule has 64 valence electrons. The lowest BCUT2D eigenvalue weighted by molar-refractivity contribution is 1.47. The van der Waals surface area contributed by atoms with Crippen molar-refractivity contribution in [2.24, 2.45) is 0 Å². The van der Waals surface area contributed by atoms with Crippen molar-refractivity contribution >= 4 is 27.9 Å². The van der Waals surface area contributed by atoms with Crippen LogP contribution in [-0.2, 0) is 0 Å². The second kappa shape index (κ2) is 3.17. The Balaban J connectivity index is 2.60. The monoisotopic (exact) mass is 207 g/mol. The Labute approximate surface area is 83.2 Å². The first kappa shape index (κ1) is 8.23. The van der Waals surface area contributed by atoms with Crippen LogP contribution in [0.1, 0.15) is 5.56 Å². The number of nitrogens with zero attached hydrogens (tertiary/aromatic N) is 2. The number of aromatic nitrogens is 1. The molecule has 2 aromatic rings. The summed E-state index contributed by atoms with van der Waals surface area (Å²) < 4.78 is 4.13. The zero-order chi connectivity index (χ0) is 9.26. The molecule has 2 N–H and O–H groups in total. The van der Waals surface area contributed by atoms with Gasteiger partial charge in [0, 0.05) is 10.9 Å². The van der Waals surface area contributed by atoms with Crippen molar-refractivity contribution in [1.82, 2.24) is 4.37 Å². The first-order valence-electron chi connectivity index (χ1n) is 3.50. The molecule has 0 aliphatic rings. The first-order chi connectivity index (χ1) is 6.33. The van der Waals surface area contributed by atoms with Gasteiger partial charge in [-0.3, -0.25) is 0 Å². The molecule has 0 bridgehead atoms. The van der Waals surface area contributed by atoms with Crippen LogP contribution in [-0.4, -0.2) is 4.37 Å². The SMILES string of the molecule is N#Cc1c(-c2ccsc2)nsc1N. The molecule has 5 heteroatoms. The van der Waals surface area contributed by atoms with Crippen LogP contribution in [0, 0.1) is 11.3 Å². The third-order valence-electron chi connectivity index (χ3n) is 1.62. The van der Waals surface area contributed by atoms with E-state index in [2.05, 4.69) is 10.4 Å². The van der Waals surface area contributed by atoms with Gasteiger partial charge in [0.25, 0.3) is 0 Å². The summed E-state index contributed by atoms with van der Waals surface area (Å²) in [6.07, 6.45) is 0. The van der Waals surface area contributed by atoms with E-state index in [4.69, 9.17) is 11.0 Å². The van der Waals surface area contributed by atoms with Gasteiger partial charge < -0.3 is 5.73 Å². The van der Waals surface area contributed by atoms with Crippen molar-refractivity contribution in [3.8, 4) is 17.3 Å². The van der Waals surface area contributed by atoms with E-state index in [-0.39, 0.29) is 0 Å². The minimum absolute atomic E-state index is 0.489. The Kier molecular flexibility index (Phi) is 2.00. The second-order valence-electron chi connectivity index (χ2n) is 2.39. The number of rotatable bonds is 1. The van der Waals surface area contributed by atoms with Crippen LogP contribution in [0.15, 0.2) is 16.8 Å². The molecule has 0 aliphatic carbocycles. The van der Waals surface area contributed by atoms with Crippen LogP contribution in [0.25, 0.3) is 11.3 Å². The molecule has 0 fully saturated rings. The van der Waals surface area contributed by atoms with Crippen molar-refractivity contribution in [2.45, 2.75) is 0 Å². The highest BCUT2D eigenvalue weighted by atomic mass is 32.1. The van der Waals surface area contributed by atoms with Gasteiger partial charge in [0.05, 0.1) is 0 Å². The lowest BCUT2D eigenvalue weighted by Gasteiger charge is -1.90. The van der Waals surface area contributed by atoms with Crippen LogP contribution >= 0.6 is 22.9 Å². The predicted octanol–water partition coefficient (Wildman–Crippen LogP) is 2.33. The molecule has 3 nitrogen and oxygen atoms in total. The maximum Gasteiger partial charge on any atom is 0.125 e. The first-order valence-corrected chi connectivity index (χ1v) is 5.22. The average Bonchev–Trinajstić information content (AvgIpc) is 2.71. The quantitative estimate of drug-likeness (QED) is 0.780. The van der Waals surface area contributed by atoms with Gasteiger partial charge in [0.2, 0.25) is 0 Å².